The number of rotatable bonds is 11. The van der Waals surface area contributed by atoms with Crippen LogP contribution in [0.2, 0.25) is 10.0 Å². The highest BCUT2D eigenvalue weighted by Crippen LogP contribution is 2.24. The maximum Gasteiger partial charge on any atom is 0.328 e. The second kappa shape index (κ2) is 14.3. The van der Waals surface area contributed by atoms with Crippen molar-refractivity contribution in [1.82, 2.24) is 10.6 Å². The summed E-state index contributed by atoms with van der Waals surface area (Å²) in [5.41, 5.74) is 3.36. The number of carboxylic acid groups (broad SMARTS) is 1. The highest BCUT2D eigenvalue weighted by Gasteiger charge is 2.24. The van der Waals surface area contributed by atoms with Gasteiger partial charge in [0.05, 0.1) is 23.3 Å². The van der Waals surface area contributed by atoms with Gasteiger partial charge in [0, 0.05) is 5.56 Å². The lowest BCUT2D eigenvalue weighted by molar-refractivity contribution is -0.143. The van der Waals surface area contributed by atoms with Crippen LogP contribution in [0.3, 0.4) is 0 Å². The number of carbonyl (C=O) groups excluding carboxylic acids is 2. The lowest BCUT2D eigenvalue weighted by Crippen LogP contribution is -2.46. The quantitative estimate of drug-likeness (QED) is 0.180. The van der Waals surface area contributed by atoms with Crippen molar-refractivity contribution in [3.05, 3.63) is 136 Å². The first-order valence-electron chi connectivity index (χ1n) is 12.6. The molecule has 0 radical (unpaired) electrons. The lowest BCUT2D eigenvalue weighted by atomic mass is 10.0. The Labute approximate surface area is 247 Å². The fourth-order valence-electron chi connectivity index (χ4n) is 3.85. The Morgan fingerprint density at radius 1 is 0.805 bits per heavy atom. The van der Waals surface area contributed by atoms with Gasteiger partial charge in [-0.2, -0.15) is 0 Å². The number of hydrogen-bond donors (Lipinski definition) is 3. The third-order valence-electron chi connectivity index (χ3n) is 6.00. The molecule has 0 aliphatic carbocycles. The number of benzene rings is 4. The van der Waals surface area contributed by atoms with E-state index in [0.717, 1.165) is 16.7 Å². The van der Waals surface area contributed by atoms with Gasteiger partial charge in [0.2, 0.25) is 0 Å². The molecule has 0 unspecified atom stereocenters. The topological polar surface area (TPSA) is 105 Å². The molecule has 4 aromatic rings. The second-order valence-corrected chi connectivity index (χ2v) is 9.81. The van der Waals surface area contributed by atoms with Crippen molar-refractivity contribution in [2.75, 3.05) is 6.61 Å². The number of carboxylic acids is 1. The van der Waals surface area contributed by atoms with Crippen molar-refractivity contribution in [1.29, 1.82) is 0 Å². The summed E-state index contributed by atoms with van der Waals surface area (Å²) in [7, 11) is 0. The Morgan fingerprint density at radius 3 is 2.07 bits per heavy atom. The Hall–Kier alpha value is -4.43. The van der Waals surface area contributed by atoms with E-state index >= 15 is 0 Å². The monoisotopic (exact) mass is 588 g/mol. The molecule has 4 rings (SSSR count). The van der Waals surface area contributed by atoms with Crippen molar-refractivity contribution in [3.8, 4) is 11.1 Å². The molecular weight excluding hydrogens is 563 g/mol. The molecule has 0 heterocycles. The number of aliphatic carboxylic acids is 1. The van der Waals surface area contributed by atoms with E-state index in [0.29, 0.717) is 16.1 Å². The van der Waals surface area contributed by atoms with Gasteiger partial charge in [-0.25, -0.2) is 4.79 Å². The van der Waals surface area contributed by atoms with Crippen LogP contribution in [0.5, 0.6) is 0 Å². The Bertz CT molecular complexity index is 1540. The molecule has 0 fully saturated rings. The predicted octanol–water partition coefficient (Wildman–Crippen LogP) is 6.22. The Morgan fingerprint density at radius 2 is 1.44 bits per heavy atom. The molecule has 3 N–H and O–H groups in total. The lowest BCUT2D eigenvalue weighted by Gasteiger charge is -2.17. The normalized spacial score (nSPS) is 11.9. The molecule has 41 heavy (non-hydrogen) atoms. The van der Waals surface area contributed by atoms with E-state index in [9.17, 15) is 19.5 Å². The van der Waals surface area contributed by atoms with E-state index in [2.05, 4.69) is 10.6 Å². The second-order valence-electron chi connectivity index (χ2n) is 8.99. The van der Waals surface area contributed by atoms with Crippen molar-refractivity contribution < 1.29 is 24.2 Å². The zero-order valence-corrected chi connectivity index (χ0v) is 23.2. The summed E-state index contributed by atoms with van der Waals surface area (Å²) in [4.78, 5) is 38.3. The predicted molar refractivity (Wildman–Crippen MR) is 159 cm³/mol. The average molecular weight is 589 g/mol. The number of halogens is 2. The molecule has 0 aliphatic heterocycles. The van der Waals surface area contributed by atoms with Crippen LogP contribution in [0.15, 0.2) is 109 Å². The maximum absolute atomic E-state index is 13.3. The van der Waals surface area contributed by atoms with Crippen LogP contribution in [0, 0.1) is 0 Å². The molecule has 2 amide bonds. The molecule has 4 aromatic carbocycles. The molecule has 208 valence electrons. The number of amides is 2. The van der Waals surface area contributed by atoms with E-state index < -0.39 is 23.8 Å². The summed E-state index contributed by atoms with van der Waals surface area (Å²) in [6.45, 7) is -0.118. The van der Waals surface area contributed by atoms with E-state index in [1.54, 1.807) is 36.4 Å². The molecule has 0 saturated heterocycles. The summed E-state index contributed by atoms with van der Waals surface area (Å²) in [6, 6.07) is 29.1. The molecule has 1 atom stereocenters. The largest absolute Gasteiger partial charge is 0.480 e. The molecule has 0 aromatic heterocycles. The summed E-state index contributed by atoms with van der Waals surface area (Å²) in [5.74, 6) is -2.66. The fourth-order valence-corrected chi connectivity index (χ4v) is 4.15. The Balaban J connectivity index is 1.52. The molecule has 0 aliphatic rings. The van der Waals surface area contributed by atoms with Gasteiger partial charge in [-0.05, 0) is 52.6 Å². The highest BCUT2D eigenvalue weighted by molar-refractivity contribution is 6.42. The third kappa shape index (κ3) is 8.53. The van der Waals surface area contributed by atoms with Gasteiger partial charge in [-0.3, -0.25) is 9.59 Å². The fraction of sp³-hybridized carbons (Fsp3) is 0.0938. The Kier molecular flexibility index (Phi) is 10.3. The molecule has 0 saturated carbocycles. The minimum atomic E-state index is -1.37. The van der Waals surface area contributed by atoms with Gasteiger partial charge < -0.3 is 20.5 Å². The third-order valence-corrected chi connectivity index (χ3v) is 6.74. The molecular formula is C32H26Cl2N2O5. The standard InChI is InChI=1S/C32H26Cl2N2O5/c33-26-16-11-22(17-27(26)34)18-28(31(38)36-29(32(39)40)20-41-19-21-7-3-1-4-8-21)35-30(37)25-14-12-24(13-15-25)23-9-5-2-6-10-23/h1-18,29H,19-20H2,(H,35,37)(H,36,38)(H,39,40)/t29-/m1/s1. The van der Waals surface area contributed by atoms with Crippen molar-refractivity contribution >= 4 is 47.1 Å². The zero-order valence-electron chi connectivity index (χ0n) is 21.7. The van der Waals surface area contributed by atoms with Crippen LogP contribution >= 0.6 is 23.2 Å². The van der Waals surface area contributed by atoms with Gasteiger partial charge >= 0.3 is 5.97 Å². The van der Waals surface area contributed by atoms with Crippen LogP contribution < -0.4 is 10.6 Å². The minimum absolute atomic E-state index is 0.169. The molecule has 9 heteroatoms. The first kappa shape index (κ1) is 29.6. The van der Waals surface area contributed by atoms with Crippen LogP contribution in [0.4, 0.5) is 0 Å². The SMILES string of the molecule is O=C(N[C@H](COCc1ccccc1)C(=O)O)C(=Cc1ccc(Cl)c(Cl)c1)NC(=O)c1ccc(-c2ccccc2)cc1. The van der Waals surface area contributed by atoms with Gasteiger partial charge in [-0.1, -0.05) is 102 Å². The van der Waals surface area contributed by atoms with Crippen LogP contribution in [0.1, 0.15) is 21.5 Å². The minimum Gasteiger partial charge on any atom is -0.480 e. The van der Waals surface area contributed by atoms with Crippen LogP contribution in [0.25, 0.3) is 17.2 Å². The maximum atomic E-state index is 13.3. The van der Waals surface area contributed by atoms with Crippen molar-refractivity contribution in [2.24, 2.45) is 0 Å². The van der Waals surface area contributed by atoms with Gasteiger partial charge in [-0.15, -0.1) is 0 Å². The molecule has 7 nitrogen and oxygen atoms in total. The number of ether oxygens (including phenoxy) is 1. The molecule has 0 bridgehead atoms. The summed E-state index contributed by atoms with van der Waals surface area (Å²) in [5, 5.41) is 15.3. The summed E-state index contributed by atoms with van der Waals surface area (Å²) in [6.07, 6.45) is 1.39. The smallest absolute Gasteiger partial charge is 0.328 e. The van der Waals surface area contributed by atoms with Gasteiger partial charge in [0.15, 0.2) is 6.04 Å². The van der Waals surface area contributed by atoms with E-state index in [1.807, 2.05) is 60.7 Å². The summed E-state index contributed by atoms with van der Waals surface area (Å²) < 4.78 is 5.53. The number of carbonyl (C=O) groups is 3. The first-order valence-corrected chi connectivity index (χ1v) is 13.3. The van der Waals surface area contributed by atoms with E-state index in [4.69, 9.17) is 27.9 Å². The summed E-state index contributed by atoms with van der Waals surface area (Å²) >= 11 is 12.2. The van der Waals surface area contributed by atoms with Gasteiger partial charge in [0.1, 0.15) is 5.70 Å². The molecule has 0 spiro atoms. The van der Waals surface area contributed by atoms with E-state index in [-0.39, 0.29) is 23.9 Å². The highest BCUT2D eigenvalue weighted by atomic mass is 35.5. The van der Waals surface area contributed by atoms with Crippen molar-refractivity contribution in [2.45, 2.75) is 12.6 Å². The first-order chi connectivity index (χ1) is 19.8. The number of nitrogens with one attached hydrogen (secondary N) is 2. The van der Waals surface area contributed by atoms with Crippen LogP contribution in [-0.2, 0) is 20.9 Å². The zero-order chi connectivity index (χ0) is 29.2. The average Bonchev–Trinajstić information content (AvgIpc) is 2.99. The van der Waals surface area contributed by atoms with Crippen LogP contribution in [-0.4, -0.2) is 35.5 Å². The van der Waals surface area contributed by atoms with E-state index in [1.165, 1.54) is 12.1 Å². The number of hydrogen-bond acceptors (Lipinski definition) is 4. The van der Waals surface area contributed by atoms with Gasteiger partial charge in [0.25, 0.3) is 11.8 Å². The van der Waals surface area contributed by atoms with Crippen molar-refractivity contribution in [3.63, 3.8) is 0 Å².